The van der Waals surface area contributed by atoms with E-state index in [9.17, 15) is 4.79 Å². The molecule has 0 aliphatic carbocycles. The van der Waals surface area contributed by atoms with Gasteiger partial charge in [-0.2, -0.15) is 0 Å². The molecule has 0 N–H and O–H groups in total. The molecule has 3 heteroatoms. The smallest absolute Gasteiger partial charge is 0.152 e. The van der Waals surface area contributed by atoms with E-state index in [0.717, 1.165) is 28.8 Å². The first-order valence-electron chi connectivity index (χ1n) is 5.80. The number of imidazole rings is 1. The number of aldehydes is 1. The van der Waals surface area contributed by atoms with Crippen molar-refractivity contribution >= 4 is 17.3 Å². The zero-order valence-corrected chi connectivity index (χ0v) is 10.00. The van der Waals surface area contributed by atoms with Crippen LogP contribution in [0.15, 0.2) is 48.5 Å². The van der Waals surface area contributed by atoms with Crippen LogP contribution >= 0.6 is 0 Å². The standard InChI is InChI=1S/C15H12N2O/c1-11-16-13-7-3-5-9-15(13)17(11)14-8-4-2-6-12(14)10-18/h2-10H,1H3. The lowest BCUT2D eigenvalue weighted by Gasteiger charge is -2.09. The normalized spacial score (nSPS) is 10.7. The molecule has 3 nitrogen and oxygen atoms in total. The molecule has 0 unspecified atom stereocenters. The number of aromatic nitrogens is 2. The molecule has 0 atom stereocenters. The highest BCUT2D eigenvalue weighted by Gasteiger charge is 2.11. The Morgan fingerprint density at radius 1 is 1.06 bits per heavy atom. The van der Waals surface area contributed by atoms with Crippen molar-refractivity contribution in [3.63, 3.8) is 0 Å². The van der Waals surface area contributed by atoms with E-state index in [4.69, 9.17) is 0 Å². The predicted octanol–water partition coefficient (Wildman–Crippen LogP) is 3.15. The lowest BCUT2D eigenvalue weighted by Crippen LogP contribution is -2.00. The second-order valence-electron chi connectivity index (χ2n) is 4.16. The van der Waals surface area contributed by atoms with Crippen molar-refractivity contribution in [3.8, 4) is 5.69 Å². The Hall–Kier alpha value is -2.42. The number of carbonyl (C=O) groups excluding carboxylic acids is 1. The number of rotatable bonds is 2. The third-order valence-corrected chi connectivity index (χ3v) is 3.03. The van der Waals surface area contributed by atoms with E-state index < -0.39 is 0 Å². The SMILES string of the molecule is Cc1nc2ccccc2n1-c1ccccc1C=O. The van der Waals surface area contributed by atoms with Gasteiger partial charge in [0.05, 0.1) is 16.7 Å². The second-order valence-corrected chi connectivity index (χ2v) is 4.16. The van der Waals surface area contributed by atoms with Crippen molar-refractivity contribution in [2.75, 3.05) is 0 Å². The summed E-state index contributed by atoms with van der Waals surface area (Å²) in [5.41, 5.74) is 3.50. The number of hydrogen-bond acceptors (Lipinski definition) is 2. The maximum atomic E-state index is 11.1. The number of aryl methyl sites for hydroxylation is 1. The van der Waals surface area contributed by atoms with Crippen LogP contribution in [0.2, 0.25) is 0 Å². The fraction of sp³-hybridized carbons (Fsp3) is 0.0667. The first-order valence-corrected chi connectivity index (χ1v) is 5.80. The van der Waals surface area contributed by atoms with Crippen LogP contribution in [0.3, 0.4) is 0 Å². The van der Waals surface area contributed by atoms with Gasteiger partial charge in [0.15, 0.2) is 6.29 Å². The number of para-hydroxylation sites is 3. The lowest BCUT2D eigenvalue weighted by molar-refractivity contribution is 0.112. The molecule has 3 rings (SSSR count). The zero-order chi connectivity index (χ0) is 12.5. The van der Waals surface area contributed by atoms with Gasteiger partial charge in [-0.25, -0.2) is 4.98 Å². The van der Waals surface area contributed by atoms with Crippen LogP contribution in [0.1, 0.15) is 16.2 Å². The Morgan fingerprint density at radius 2 is 1.78 bits per heavy atom. The molecule has 3 aromatic rings. The summed E-state index contributed by atoms with van der Waals surface area (Å²) >= 11 is 0. The highest BCUT2D eigenvalue weighted by atomic mass is 16.1. The minimum absolute atomic E-state index is 0.670. The summed E-state index contributed by atoms with van der Waals surface area (Å²) in [7, 11) is 0. The van der Waals surface area contributed by atoms with E-state index >= 15 is 0 Å². The minimum Gasteiger partial charge on any atom is -0.298 e. The number of fused-ring (bicyclic) bond motifs is 1. The Balaban J connectivity index is 2.38. The third-order valence-electron chi connectivity index (χ3n) is 3.03. The first kappa shape index (κ1) is 10.7. The molecule has 0 aliphatic heterocycles. The molecule has 0 saturated heterocycles. The summed E-state index contributed by atoms with van der Waals surface area (Å²) in [5.74, 6) is 0.880. The fourth-order valence-corrected chi connectivity index (χ4v) is 2.24. The van der Waals surface area contributed by atoms with E-state index in [1.807, 2.05) is 60.0 Å². The van der Waals surface area contributed by atoms with Gasteiger partial charge in [0.25, 0.3) is 0 Å². The Bertz CT molecular complexity index is 728. The molecule has 0 saturated carbocycles. The summed E-state index contributed by atoms with van der Waals surface area (Å²) in [6, 6.07) is 15.5. The van der Waals surface area contributed by atoms with Crippen molar-refractivity contribution in [1.82, 2.24) is 9.55 Å². The molecule has 18 heavy (non-hydrogen) atoms. The molecule has 1 heterocycles. The van der Waals surface area contributed by atoms with Crippen molar-refractivity contribution in [3.05, 3.63) is 59.9 Å². The molecule has 2 aromatic carbocycles. The number of nitrogens with zero attached hydrogens (tertiary/aromatic N) is 2. The molecular formula is C15H12N2O. The van der Waals surface area contributed by atoms with Crippen LogP contribution in [0.25, 0.3) is 16.7 Å². The molecule has 1 aromatic heterocycles. The molecular weight excluding hydrogens is 224 g/mol. The highest BCUT2D eigenvalue weighted by Crippen LogP contribution is 2.22. The molecule has 88 valence electrons. The molecule has 0 aliphatic rings. The van der Waals surface area contributed by atoms with E-state index in [0.29, 0.717) is 5.56 Å². The quantitative estimate of drug-likeness (QED) is 0.641. The maximum absolute atomic E-state index is 11.1. The summed E-state index contributed by atoms with van der Waals surface area (Å²) in [6.07, 6.45) is 0.879. The van der Waals surface area contributed by atoms with Crippen LogP contribution in [0, 0.1) is 6.92 Å². The van der Waals surface area contributed by atoms with E-state index in [-0.39, 0.29) is 0 Å². The Morgan fingerprint density at radius 3 is 2.61 bits per heavy atom. The van der Waals surface area contributed by atoms with Gasteiger partial charge >= 0.3 is 0 Å². The predicted molar refractivity (Wildman–Crippen MR) is 71.2 cm³/mol. The van der Waals surface area contributed by atoms with Gasteiger partial charge in [-0.15, -0.1) is 0 Å². The molecule has 0 radical (unpaired) electrons. The second kappa shape index (κ2) is 4.11. The molecule has 0 spiro atoms. The molecule has 0 amide bonds. The summed E-state index contributed by atoms with van der Waals surface area (Å²) in [4.78, 5) is 15.6. The number of hydrogen-bond donors (Lipinski definition) is 0. The van der Waals surface area contributed by atoms with E-state index in [1.165, 1.54) is 0 Å². The van der Waals surface area contributed by atoms with Gasteiger partial charge in [0, 0.05) is 5.56 Å². The zero-order valence-electron chi connectivity index (χ0n) is 10.00. The van der Waals surface area contributed by atoms with Gasteiger partial charge in [0.2, 0.25) is 0 Å². The highest BCUT2D eigenvalue weighted by molar-refractivity contribution is 5.85. The van der Waals surface area contributed by atoms with Gasteiger partial charge < -0.3 is 0 Å². The van der Waals surface area contributed by atoms with Gasteiger partial charge in [-0.3, -0.25) is 9.36 Å². The first-order chi connectivity index (χ1) is 8.81. The summed E-state index contributed by atoms with van der Waals surface area (Å²) in [6.45, 7) is 1.95. The summed E-state index contributed by atoms with van der Waals surface area (Å²) in [5, 5.41) is 0. The van der Waals surface area contributed by atoms with Crippen molar-refractivity contribution in [1.29, 1.82) is 0 Å². The van der Waals surface area contributed by atoms with Gasteiger partial charge in [-0.05, 0) is 31.2 Å². The Kier molecular flexibility index (Phi) is 2.45. The van der Waals surface area contributed by atoms with Crippen LogP contribution in [-0.2, 0) is 0 Å². The van der Waals surface area contributed by atoms with Crippen molar-refractivity contribution in [2.45, 2.75) is 6.92 Å². The molecule has 0 fully saturated rings. The van der Waals surface area contributed by atoms with Crippen LogP contribution < -0.4 is 0 Å². The third kappa shape index (κ3) is 1.52. The van der Waals surface area contributed by atoms with Crippen LogP contribution in [0.5, 0.6) is 0 Å². The average Bonchev–Trinajstić information content (AvgIpc) is 2.74. The monoisotopic (exact) mass is 236 g/mol. The largest absolute Gasteiger partial charge is 0.298 e. The van der Waals surface area contributed by atoms with Crippen LogP contribution in [0.4, 0.5) is 0 Å². The number of benzene rings is 2. The average molecular weight is 236 g/mol. The van der Waals surface area contributed by atoms with Crippen LogP contribution in [-0.4, -0.2) is 15.8 Å². The minimum atomic E-state index is 0.670. The van der Waals surface area contributed by atoms with Crippen molar-refractivity contribution < 1.29 is 4.79 Å². The molecule has 0 bridgehead atoms. The van der Waals surface area contributed by atoms with E-state index in [2.05, 4.69) is 4.98 Å². The van der Waals surface area contributed by atoms with Crippen molar-refractivity contribution in [2.24, 2.45) is 0 Å². The number of carbonyl (C=O) groups is 1. The lowest BCUT2D eigenvalue weighted by atomic mass is 10.2. The fourth-order valence-electron chi connectivity index (χ4n) is 2.24. The van der Waals surface area contributed by atoms with Gasteiger partial charge in [0.1, 0.15) is 5.82 Å². The summed E-state index contributed by atoms with van der Waals surface area (Å²) < 4.78 is 2.01. The van der Waals surface area contributed by atoms with Gasteiger partial charge in [-0.1, -0.05) is 24.3 Å². The maximum Gasteiger partial charge on any atom is 0.152 e. The van der Waals surface area contributed by atoms with E-state index in [1.54, 1.807) is 0 Å². The topological polar surface area (TPSA) is 34.9 Å². The Labute approximate surface area is 105 Å².